The van der Waals surface area contributed by atoms with Gasteiger partial charge in [-0.3, -0.25) is 0 Å². The Hall–Kier alpha value is -3.78. The SMILES string of the molecule is NNc1nc(Nc2ccccc2)nc(-n2ccnn2)c1-c1ccccc1. The van der Waals surface area contributed by atoms with E-state index in [0.29, 0.717) is 17.6 Å². The quantitative estimate of drug-likeness (QED) is 0.377. The molecule has 0 aliphatic heterocycles. The average Bonchev–Trinajstić information content (AvgIpc) is 3.23. The van der Waals surface area contributed by atoms with Gasteiger partial charge in [0, 0.05) is 5.69 Å². The number of anilines is 3. The first-order chi connectivity index (χ1) is 12.8. The highest BCUT2D eigenvalue weighted by Crippen LogP contribution is 2.32. The van der Waals surface area contributed by atoms with Gasteiger partial charge < -0.3 is 10.7 Å². The molecule has 2 heterocycles. The highest BCUT2D eigenvalue weighted by molar-refractivity contribution is 5.82. The molecule has 0 saturated carbocycles. The van der Waals surface area contributed by atoms with E-state index in [4.69, 9.17) is 5.84 Å². The molecule has 0 unspecified atom stereocenters. The van der Waals surface area contributed by atoms with E-state index in [1.807, 2.05) is 60.7 Å². The van der Waals surface area contributed by atoms with Gasteiger partial charge >= 0.3 is 0 Å². The van der Waals surface area contributed by atoms with E-state index < -0.39 is 0 Å². The lowest BCUT2D eigenvalue weighted by Gasteiger charge is -2.15. The van der Waals surface area contributed by atoms with Crippen molar-refractivity contribution in [3.05, 3.63) is 73.1 Å². The Balaban J connectivity index is 1.88. The van der Waals surface area contributed by atoms with Crippen molar-refractivity contribution in [1.29, 1.82) is 0 Å². The molecule has 26 heavy (non-hydrogen) atoms. The Labute approximate surface area is 149 Å². The lowest BCUT2D eigenvalue weighted by atomic mass is 10.1. The Morgan fingerprint density at radius 2 is 1.62 bits per heavy atom. The number of nitrogens with two attached hydrogens (primary N) is 1. The van der Waals surface area contributed by atoms with Gasteiger partial charge in [0.25, 0.3) is 0 Å². The number of hydrazine groups is 1. The highest BCUT2D eigenvalue weighted by atomic mass is 15.4. The van der Waals surface area contributed by atoms with Gasteiger partial charge in [0.1, 0.15) is 0 Å². The first kappa shape index (κ1) is 15.7. The normalized spacial score (nSPS) is 10.5. The maximum atomic E-state index is 5.76. The summed E-state index contributed by atoms with van der Waals surface area (Å²) in [6, 6.07) is 19.4. The molecule has 0 bridgehead atoms. The topological polar surface area (TPSA) is 107 Å². The average molecular weight is 344 g/mol. The minimum Gasteiger partial charge on any atom is -0.324 e. The second kappa shape index (κ2) is 6.99. The summed E-state index contributed by atoms with van der Waals surface area (Å²) in [5, 5.41) is 11.1. The molecule has 128 valence electrons. The largest absolute Gasteiger partial charge is 0.324 e. The van der Waals surface area contributed by atoms with Gasteiger partial charge in [-0.15, -0.1) is 5.10 Å². The fourth-order valence-electron chi connectivity index (χ4n) is 2.62. The number of para-hydroxylation sites is 1. The van der Waals surface area contributed by atoms with Gasteiger partial charge in [-0.1, -0.05) is 53.7 Å². The lowest BCUT2D eigenvalue weighted by molar-refractivity contribution is 0.781. The molecular weight excluding hydrogens is 328 g/mol. The van der Waals surface area contributed by atoms with E-state index in [2.05, 4.69) is 31.0 Å². The molecule has 2 aromatic carbocycles. The molecule has 0 atom stereocenters. The smallest absolute Gasteiger partial charge is 0.231 e. The minimum atomic E-state index is 0.398. The molecular formula is C18H16N8. The predicted octanol–water partition coefficient (Wildman–Crippen LogP) is 2.75. The van der Waals surface area contributed by atoms with Crippen LogP contribution in [0.3, 0.4) is 0 Å². The van der Waals surface area contributed by atoms with E-state index in [1.54, 1.807) is 17.1 Å². The maximum Gasteiger partial charge on any atom is 0.231 e. The van der Waals surface area contributed by atoms with Crippen LogP contribution in [0.4, 0.5) is 17.5 Å². The molecule has 4 aromatic rings. The van der Waals surface area contributed by atoms with Crippen LogP contribution in [0.1, 0.15) is 0 Å². The Kier molecular flexibility index (Phi) is 4.23. The van der Waals surface area contributed by atoms with Crippen LogP contribution in [0, 0.1) is 0 Å². The first-order valence-corrected chi connectivity index (χ1v) is 7.98. The number of hydrogen-bond donors (Lipinski definition) is 3. The summed E-state index contributed by atoms with van der Waals surface area (Å²) in [6.07, 6.45) is 3.32. The van der Waals surface area contributed by atoms with Crippen molar-refractivity contribution >= 4 is 17.5 Å². The van der Waals surface area contributed by atoms with Gasteiger partial charge in [0.15, 0.2) is 11.6 Å². The Bertz CT molecular complexity index is 985. The molecule has 0 saturated heterocycles. The predicted molar refractivity (Wildman–Crippen MR) is 99.9 cm³/mol. The summed E-state index contributed by atoms with van der Waals surface area (Å²) in [6.45, 7) is 0. The maximum absolute atomic E-state index is 5.76. The molecule has 0 radical (unpaired) electrons. The molecule has 0 fully saturated rings. The highest BCUT2D eigenvalue weighted by Gasteiger charge is 2.18. The van der Waals surface area contributed by atoms with Crippen LogP contribution in [-0.4, -0.2) is 25.0 Å². The van der Waals surface area contributed by atoms with E-state index >= 15 is 0 Å². The fourth-order valence-corrected chi connectivity index (χ4v) is 2.62. The van der Waals surface area contributed by atoms with Crippen molar-refractivity contribution in [3.63, 3.8) is 0 Å². The van der Waals surface area contributed by atoms with E-state index in [0.717, 1.165) is 16.8 Å². The number of aromatic nitrogens is 5. The summed E-state index contributed by atoms with van der Waals surface area (Å²) in [7, 11) is 0. The third kappa shape index (κ3) is 3.08. The number of nitrogens with zero attached hydrogens (tertiary/aromatic N) is 5. The zero-order chi connectivity index (χ0) is 17.8. The van der Waals surface area contributed by atoms with Gasteiger partial charge in [-0.2, -0.15) is 9.97 Å². The summed E-state index contributed by atoms with van der Waals surface area (Å²) in [5.74, 6) is 7.20. The van der Waals surface area contributed by atoms with Crippen molar-refractivity contribution in [3.8, 4) is 16.9 Å². The monoisotopic (exact) mass is 344 g/mol. The zero-order valence-corrected chi connectivity index (χ0v) is 13.7. The molecule has 4 N–H and O–H groups in total. The van der Waals surface area contributed by atoms with Crippen LogP contribution in [0.2, 0.25) is 0 Å². The second-order valence-corrected chi connectivity index (χ2v) is 5.44. The molecule has 0 spiro atoms. The van der Waals surface area contributed by atoms with Crippen molar-refractivity contribution in [2.24, 2.45) is 5.84 Å². The second-order valence-electron chi connectivity index (χ2n) is 5.44. The van der Waals surface area contributed by atoms with Crippen molar-refractivity contribution in [2.75, 3.05) is 10.7 Å². The van der Waals surface area contributed by atoms with Crippen LogP contribution in [0.15, 0.2) is 73.1 Å². The number of nitrogens with one attached hydrogen (secondary N) is 2. The van der Waals surface area contributed by atoms with E-state index in [-0.39, 0.29) is 0 Å². The standard InChI is InChI=1S/C18H16N8/c19-24-16-15(13-7-3-1-4-8-13)17(26-12-11-20-25-26)23-18(22-16)21-14-9-5-2-6-10-14/h1-12H,19H2,(H2,21,22,23,24). The Morgan fingerprint density at radius 1 is 0.885 bits per heavy atom. The molecule has 8 nitrogen and oxygen atoms in total. The van der Waals surface area contributed by atoms with Gasteiger partial charge in [-0.05, 0) is 17.7 Å². The fraction of sp³-hybridized carbons (Fsp3) is 0. The zero-order valence-electron chi connectivity index (χ0n) is 13.7. The first-order valence-electron chi connectivity index (χ1n) is 7.98. The number of benzene rings is 2. The minimum absolute atomic E-state index is 0.398. The van der Waals surface area contributed by atoms with E-state index in [1.165, 1.54) is 0 Å². The number of rotatable bonds is 5. The van der Waals surface area contributed by atoms with E-state index in [9.17, 15) is 0 Å². The molecule has 0 amide bonds. The van der Waals surface area contributed by atoms with Crippen molar-refractivity contribution in [2.45, 2.75) is 0 Å². The number of hydrogen-bond acceptors (Lipinski definition) is 7. The van der Waals surface area contributed by atoms with Gasteiger partial charge in [0.2, 0.25) is 5.95 Å². The van der Waals surface area contributed by atoms with Crippen LogP contribution in [0.5, 0.6) is 0 Å². The number of nitrogen functional groups attached to an aromatic ring is 1. The van der Waals surface area contributed by atoms with Crippen molar-refractivity contribution < 1.29 is 0 Å². The summed E-state index contributed by atoms with van der Waals surface area (Å²) in [5.41, 5.74) is 5.19. The van der Waals surface area contributed by atoms with Gasteiger partial charge in [0.05, 0.1) is 18.0 Å². The van der Waals surface area contributed by atoms with Crippen LogP contribution < -0.4 is 16.6 Å². The molecule has 0 aliphatic rings. The molecule has 0 aliphatic carbocycles. The van der Waals surface area contributed by atoms with Crippen LogP contribution >= 0.6 is 0 Å². The summed E-state index contributed by atoms with van der Waals surface area (Å²) in [4.78, 5) is 9.15. The third-order valence-corrected chi connectivity index (χ3v) is 3.76. The summed E-state index contributed by atoms with van der Waals surface area (Å²) < 4.78 is 1.58. The lowest BCUT2D eigenvalue weighted by Crippen LogP contribution is -2.15. The van der Waals surface area contributed by atoms with Crippen LogP contribution in [0.25, 0.3) is 16.9 Å². The van der Waals surface area contributed by atoms with Crippen LogP contribution in [-0.2, 0) is 0 Å². The van der Waals surface area contributed by atoms with Crippen molar-refractivity contribution in [1.82, 2.24) is 25.0 Å². The summed E-state index contributed by atoms with van der Waals surface area (Å²) >= 11 is 0. The van der Waals surface area contributed by atoms with Gasteiger partial charge in [-0.25, -0.2) is 10.5 Å². The molecule has 2 aromatic heterocycles. The molecule has 4 rings (SSSR count). The Morgan fingerprint density at radius 3 is 2.27 bits per heavy atom. The molecule has 8 heteroatoms. The third-order valence-electron chi connectivity index (χ3n) is 3.76.